The summed E-state index contributed by atoms with van der Waals surface area (Å²) in [5.41, 5.74) is 0.779. The zero-order valence-electron chi connectivity index (χ0n) is 8.75. The van der Waals surface area contributed by atoms with E-state index >= 15 is 0 Å². The van der Waals surface area contributed by atoms with Gasteiger partial charge in [0, 0.05) is 11.9 Å². The number of aryl methyl sites for hydroxylation is 1. The van der Waals surface area contributed by atoms with Crippen molar-refractivity contribution in [3.63, 3.8) is 0 Å². The maximum Gasteiger partial charge on any atom is 0.338 e. The molecule has 0 bridgehead atoms. The highest BCUT2D eigenvalue weighted by atomic mass is 32.2. The second-order valence-corrected chi connectivity index (χ2v) is 4.27. The average molecular weight is 243 g/mol. The van der Waals surface area contributed by atoms with Crippen molar-refractivity contribution in [2.75, 3.05) is 12.4 Å². The molecule has 0 amide bonds. The Labute approximate surface area is 97.1 Å². The number of hydrogen-bond acceptors (Lipinski definition) is 5. The standard InChI is InChI=1S/C10H13NO4S/c1-6-2-3-11-9(8(6)10(14)15)16-5-7(13)4-12/h2-3,7,12-13H,4-5H2,1H3,(H,14,15). The van der Waals surface area contributed by atoms with Crippen LogP contribution in [-0.4, -0.2) is 44.7 Å². The molecular formula is C10H13NO4S. The first kappa shape index (κ1) is 13.0. The minimum absolute atomic E-state index is 0.151. The number of thioether (sulfide) groups is 1. The quantitative estimate of drug-likeness (QED) is 0.654. The molecule has 1 unspecified atom stereocenters. The molecule has 0 saturated heterocycles. The Morgan fingerprint density at radius 3 is 2.88 bits per heavy atom. The second-order valence-electron chi connectivity index (χ2n) is 3.26. The van der Waals surface area contributed by atoms with Crippen molar-refractivity contribution in [1.29, 1.82) is 0 Å². The first-order valence-corrected chi connectivity index (χ1v) is 5.65. The lowest BCUT2D eigenvalue weighted by Gasteiger charge is -2.09. The van der Waals surface area contributed by atoms with Crippen LogP contribution in [0.3, 0.4) is 0 Å². The first-order valence-electron chi connectivity index (χ1n) is 4.67. The zero-order chi connectivity index (χ0) is 12.1. The number of rotatable bonds is 5. The van der Waals surface area contributed by atoms with E-state index < -0.39 is 12.1 Å². The van der Waals surface area contributed by atoms with Crippen LogP contribution in [0.5, 0.6) is 0 Å². The van der Waals surface area contributed by atoms with E-state index in [1.54, 1.807) is 13.0 Å². The Morgan fingerprint density at radius 1 is 1.62 bits per heavy atom. The molecule has 1 aromatic heterocycles. The van der Waals surface area contributed by atoms with Gasteiger partial charge in [-0.2, -0.15) is 0 Å². The summed E-state index contributed by atoms with van der Waals surface area (Å²) in [5.74, 6) is -0.820. The fourth-order valence-corrected chi connectivity index (χ4v) is 2.11. The predicted octanol–water partition coefficient (Wildman–Crippen LogP) is 0.534. The van der Waals surface area contributed by atoms with E-state index in [0.717, 1.165) is 11.8 Å². The van der Waals surface area contributed by atoms with E-state index in [-0.39, 0.29) is 17.9 Å². The molecule has 0 spiro atoms. The van der Waals surface area contributed by atoms with Crippen LogP contribution in [0.15, 0.2) is 17.3 Å². The van der Waals surface area contributed by atoms with Crippen LogP contribution in [0.25, 0.3) is 0 Å². The number of aliphatic hydroxyl groups excluding tert-OH is 2. The average Bonchev–Trinajstić information content (AvgIpc) is 2.25. The fourth-order valence-electron chi connectivity index (χ4n) is 1.13. The van der Waals surface area contributed by atoms with Crippen molar-refractivity contribution in [3.05, 3.63) is 23.4 Å². The van der Waals surface area contributed by atoms with E-state index in [1.165, 1.54) is 6.20 Å². The van der Waals surface area contributed by atoms with Crippen LogP contribution in [0.4, 0.5) is 0 Å². The molecule has 88 valence electrons. The van der Waals surface area contributed by atoms with Crippen molar-refractivity contribution in [2.45, 2.75) is 18.1 Å². The predicted molar refractivity (Wildman–Crippen MR) is 59.7 cm³/mol. The number of pyridine rings is 1. The summed E-state index contributed by atoms with van der Waals surface area (Å²) in [5, 5.41) is 27.2. The number of carboxylic acid groups (broad SMARTS) is 1. The summed E-state index contributed by atoms with van der Waals surface area (Å²) in [6, 6.07) is 1.62. The maximum absolute atomic E-state index is 11.0. The molecule has 0 aliphatic rings. The van der Waals surface area contributed by atoms with Gasteiger partial charge in [-0.3, -0.25) is 0 Å². The molecule has 0 saturated carbocycles. The van der Waals surface area contributed by atoms with Crippen LogP contribution in [0.1, 0.15) is 15.9 Å². The second kappa shape index (κ2) is 5.83. The number of nitrogens with zero attached hydrogens (tertiary/aromatic N) is 1. The number of aromatic nitrogens is 1. The van der Waals surface area contributed by atoms with Gasteiger partial charge >= 0.3 is 5.97 Å². The van der Waals surface area contributed by atoms with Gasteiger partial charge in [-0.15, -0.1) is 11.8 Å². The fraction of sp³-hybridized carbons (Fsp3) is 0.400. The van der Waals surface area contributed by atoms with Gasteiger partial charge in [-0.05, 0) is 18.6 Å². The highest BCUT2D eigenvalue weighted by Gasteiger charge is 2.15. The van der Waals surface area contributed by atoms with Crippen LogP contribution in [0.2, 0.25) is 0 Å². The number of aromatic carboxylic acids is 1. The summed E-state index contributed by atoms with van der Waals surface area (Å²) in [6.07, 6.45) is 0.657. The van der Waals surface area contributed by atoms with Gasteiger partial charge < -0.3 is 15.3 Å². The molecule has 0 aliphatic carbocycles. The van der Waals surface area contributed by atoms with E-state index in [4.69, 9.17) is 10.2 Å². The third kappa shape index (κ3) is 3.19. The molecule has 1 heterocycles. The normalized spacial score (nSPS) is 12.4. The van der Waals surface area contributed by atoms with Gasteiger partial charge in [0.2, 0.25) is 0 Å². The molecule has 1 rings (SSSR count). The molecule has 1 aromatic rings. The minimum Gasteiger partial charge on any atom is -0.478 e. The molecule has 16 heavy (non-hydrogen) atoms. The molecule has 0 aromatic carbocycles. The smallest absolute Gasteiger partial charge is 0.338 e. The highest BCUT2D eigenvalue weighted by molar-refractivity contribution is 7.99. The summed E-state index contributed by atoms with van der Waals surface area (Å²) >= 11 is 1.12. The third-order valence-corrected chi connectivity index (χ3v) is 3.10. The zero-order valence-corrected chi connectivity index (χ0v) is 9.57. The van der Waals surface area contributed by atoms with Crippen molar-refractivity contribution >= 4 is 17.7 Å². The van der Waals surface area contributed by atoms with Gasteiger partial charge in [0.15, 0.2) is 0 Å². The first-order chi connectivity index (χ1) is 7.56. The molecule has 3 N–H and O–H groups in total. The molecule has 0 fully saturated rings. The third-order valence-electron chi connectivity index (χ3n) is 1.96. The monoisotopic (exact) mass is 243 g/mol. The van der Waals surface area contributed by atoms with Crippen LogP contribution >= 0.6 is 11.8 Å². The van der Waals surface area contributed by atoms with Crippen molar-refractivity contribution in [2.24, 2.45) is 0 Å². The summed E-state index contributed by atoms with van der Waals surface area (Å²) in [6.45, 7) is 1.35. The summed E-state index contributed by atoms with van der Waals surface area (Å²) in [4.78, 5) is 14.9. The number of carbonyl (C=O) groups is 1. The van der Waals surface area contributed by atoms with E-state index in [1.807, 2.05) is 0 Å². The highest BCUT2D eigenvalue weighted by Crippen LogP contribution is 2.23. The van der Waals surface area contributed by atoms with E-state index in [2.05, 4.69) is 4.98 Å². The largest absolute Gasteiger partial charge is 0.478 e. The molecule has 0 aliphatic heterocycles. The van der Waals surface area contributed by atoms with Gasteiger partial charge in [0.1, 0.15) is 5.03 Å². The minimum atomic E-state index is -1.04. The molecule has 6 heteroatoms. The molecule has 0 radical (unpaired) electrons. The maximum atomic E-state index is 11.0. The van der Waals surface area contributed by atoms with Crippen molar-refractivity contribution < 1.29 is 20.1 Å². The number of aliphatic hydroxyl groups is 2. The Hall–Kier alpha value is -1.11. The summed E-state index contributed by atoms with van der Waals surface area (Å²) < 4.78 is 0. The molecular weight excluding hydrogens is 230 g/mol. The number of carboxylic acids is 1. The Morgan fingerprint density at radius 2 is 2.31 bits per heavy atom. The van der Waals surface area contributed by atoms with Crippen molar-refractivity contribution in [3.8, 4) is 0 Å². The Balaban J connectivity index is 2.87. The van der Waals surface area contributed by atoms with E-state index in [0.29, 0.717) is 10.6 Å². The lowest BCUT2D eigenvalue weighted by molar-refractivity contribution is 0.0691. The van der Waals surface area contributed by atoms with Crippen LogP contribution < -0.4 is 0 Å². The van der Waals surface area contributed by atoms with Gasteiger partial charge in [-0.1, -0.05) is 0 Å². The molecule has 1 atom stereocenters. The lowest BCUT2D eigenvalue weighted by Crippen LogP contribution is -2.15. The van der Waals surface area contributed by atoms with E-state index in [9.17, 15) is 9.90 Å². The van der Waals surface area contributed by atoms with Crippen LogP contribution in [0, 0.1) is 6.92 Å². The van der Waals surface area contributed by atoms with Crippen molar-refractivity contribution in [1.82, 2.24) is 4.98 Å². The topological polar surface area (TPSA) is 90.7 Å². The van der Waals surface area contributed by atoms with Gasteiger partial charge in [-0.25, -0.2) is 9.78 Å². The summed E-state index contributed by atoms with van der Waals surface area (Å²) in [7, 11) is 0. The lowest BCUT2D eigenvalue weighted by atomic mass is 10.2. The SMILES string of the molecule is Cc1ccnc(SCC(O)CO)c1C(=O)O. The Bertz CT molecular complexity index is 383. The van der Waals surface area contributed by atoms with Gasteiger partial charge in [0.25, 0.3) is 0 Å². The van der Waals surface area contributed by atoms with Gasteiger partial charge in [0.05, 0.1) is 18.3 Å². The Kier molecular flexibility index (Phi) is 4.72. The van der Waals surface area contributed by atoms with Crippen LogP contribution in [-0.2, 0) is 0 Å². The molecule has 5 nitrogen and oxygen atoms in total. The number of hydrogen-bond donors (Lipinski definition) is 3.